The SMILES string of the molecule is CN=C(NCCc1coc(-c2ccc(C)cc2)n1)NCCc1cc(C)ccc1OC.I. The van der Waals surface area contributed by atoms with E-state index in [0.717, 1.165) is 42.4 Å². The summed E-state index contributed by atoms with van der Waals surface area (Å²) in [7, 11) is 3.48. The van der Waals surface area contributed by atoms with Crippen molar-refractivity contribution in [3.05, 3.63) is 71.1 Å². The molecule has 0 radical (unpaired) electrons. The number of halogens is 1. The predicted molar refractivity (Wildman–Crippen MR) is 137 cm³/mol. The van der Waals surface area contributed by atoms with Crippen LogP contribution >= 0.6 is 24.0 Å². The van der Waals surface area contributed by atoms with E-state index in [2.05, 4.69) is 58.7 Å². The van der Waals surface area contributed by atoms with Gasteiger partial charge in [0.1, 0.15) is 12.0 Å². The second kappa shape index (κ2) is 12.3. The van der Waals surface area contributed by atoms with E-state index in [9.17, 15) is 0 Å². The van der Waals surface area contributed by atoms with Crippen molar-refractivity contribution in [2.45, 2.75) is 26.7 Å². The van der Waals surface area contributed by atoms with Crippen LogP contribution in [0.5, 0.6) is 5.75 Å². The first-order valence-corrected chi connectivity index (χ1v) is 10.2. The number of nitrogens with zero attached hydrogens (tertiary/aromatic N) is 2. The number of benzene rings is 2. The van der Waals surface area contributed by atoms with Crippen molar-refractivity contribution in [1.82, 2.24) is 15.6 Å². The minimum absolute atomic E-state index is 0. The number of oxazole rings is 1. The van der Waals surface area contributed by atoms with Crippen molar-refractivity contribution >= 4 is 29.9 Å². The van der Waals surface area contributed by atoms with Crippen LogP contribution in [0.15, 0.2) is 58.1 Å². The van der Waals surface area contributed by atoms with E-state index in [1.54, 1.807) is 20.4 Å². The molecule has 0 aliphatic heterocycles. The van der Waals surface area contributed by atoms with Gasteiger partial charge in [0.25, 0.3) is 0 Å². The zero-order chi connectivity index (χ0) is 21.3. The number of ether oxygens (including phenoxy) is 1. The summed E-state index contributed by atoms with van der Waals surface area (Å²) in [6, 6.07) is 14.4. The highest BCUT2D eigenvalue weighted by atomic mass is 127. The molecule has 0 spiro atoms. The topological polar surface area (TPSA) is 71.7 Å². The van der Waals surface area contributed by atoms with Crippen LogP contribution in [-0.4, -0.2) is 38.2 Å². The number of aryl methyl sites for hydroxylation is 2. The Hall–Kier alpha value is -2.55. The third kappa shape index (κ3) is 7.27. The average Bonchev–Trinajstić information content (AvgIpc) is 3.22. The summed E-state index contributed by atoms with van der Waals surface area (Å²) in [5, 5.41) is 6.68. The van der Waals surface area contributed by atoms with Crippen LogP contribution in [0.25, 0.3) is 11.5 Å². The highest BCUT2D eigenvalue weighted by Crippen LogP contribution is 2.20. The summed E-state index contributed by atoms with van der Waals surface area (Å²) < 4.78 is 11.1. The molecule has 0 aliphatic rings. The lowest BCUT2D eigenvalue weighted by molar-refractivity contribution is 0.409. The largest absolute Gasteiger partial charge is 0.496 e. The minimum atomic E-state index is 0. The Labute approximate surface area is 201 Å². The molecule has 0 unspecified atom stereocenters. The number of hydrogen-bond donors (Lipinski definition) is 2. The lowest BCUT2D eigenvalue weighted by Crippen LogP contribution is -2.39. The standard InChI is InChI=1S/C24H30N4O2.HI/c1-17-5-8-19(9-6-17)23-28-21(16-30-23)12-14-27-24(25-3)26-13-11-20-15-18(2)7-10-22(20)29-4;/h5-10,15-16H,11-14H2,1-4H3,(H2,25,26,27);1H. The first-order chi connectivity index (χ1) is 14.6. The molecule has 0 saturated carbocycles. The first kappa shape index (κ1) is 24.7. The second-order valence-corrected chi connectivity index (χ2v) is 7.25. The van der Waals surface area contributed by atoms with Gasteiger partial charge in [-0.3, -0.25) is 4.99 Å². The van der Waals surface area contributed by atoms with Gasteiger partial charge in [0.05, 0.1) is 12.8 Å². The fourth-order valence-corrected chi connectivity index (χ4v) is 3.20. The molecule has 6 nitrogen and oxygen atoms in total. The molecule has 2 N–H and O–H groups in total. The van der Waals surface area contributed by atoms with Crippen LogP contribution in [-0.2, 0) is 12.8 Å². The number of guanidine groups is 1. The van der Waals surface area contributed by atoms with E-state index in [-0.39, 0.29) is 24.0 Å². The number of methoxy groups -OCH3 is 1. The Bertz CT molecular complexity index is 983. The molecule has 0 atom stereocenters. The predicted octanol–water partition coefficient (Wildman–Crippen LogP) is 4.54. The third-order valence-electron chi connectivity index (χ3n) is 4.87. The van der Waals surface area contributed by atoms with Crippen LogP contribution in [0.4, 0.5) is 0 Å². The molecule has 3 aromatic rings. The van der Waals surface area contributed by atoms with Crippen molar-refractivity contribution < 1.29 is 9.15 Å². The smallest absolute Gasteiger partial charge is 0.226 e. The van der Waals surface area contributed by atoms with E-state index in [4.69, 9.17) is 9.15 Å². The quantitative estimate of drug-likeness (QED) is 0.253. The van der Waals surface area contributed by atoms with Gasteiger partial charge in [-0.25, -0.2) is 4.98 Å². The summed E-state index contributed by atoms with van der Waals surface area (Å²) in [6.07, 6.45) is 3.33. The Balaban J connectivity index is 0.00000341. The molecule has 0 saturated heterocycles. The van der Waals surface area contributed by atoms with Crippen molar-refractivity contribution in [1.29, 1.82) is 0 Å². The van der Waals surface area contributed by atoms with Gasteiger partial charge in [0.15, 0.2) is 5.96 Å². The van der Waals surface area contributed by atoms with Crippen LogP contribution in [0.3, 0.4) is 0 Å². The van der Waals surface area contributed by atoms with Gasteiger partial charge in [-0.05, 0) is 44.0 Å². The monoisotopic (exact) mass is 534 g/mol. The number of hydrogen-bond acceptors (Lipinski definition) is 4. The molecule has 0 bridgehead atoms. The normalized spacial score (nSPS) is 11.0. The van der Waals surface area contributed by atoms with Gasteiger partial charge in [-0.2, -0.15) is 0 Å². The molecule has 0 fully saturated rings. The maximum atomic E-state index is 5.62. The van der Waals surface area contributed by atoms with Gasteiger partial charge < -0.3 is 19.8 Å². The molecular weight excluding hydrogens is 503 g/mol. The number of aromatic nitrogens is 1. The molecular formula is C24H31IN4O2. The van der Waals surface area contributed by atoms with E-state index < -0.39 is 0 Å². The van der Waals surface area contributed by atoms with Crippen LogP contribution in [0.2, 0.25) is 0 Å². The van der Waals surface area contributed by atoms with Gasteiger partial charge >= 0.3 is 0 Å². The number of aliphatic imine (C=N–C) groups is 1. The fourth-order valence-electron chi connectivity index (χ4n) is 3.20. The van der Waals surface area contributed by atoms with Gasteiger partial charge in [-0.1, -0.05) is 35.4 Å². The highest BCUT2D eigenvalue weighted by Gasteiger charge is 2.07. The minimum Gasteiger partial charge on any atom is -0.496 e. The lowest BCUT2D eigenvalue weighted by atomic mass is 10.1. The maximum absolute atomic E-state index is 5.62. The third-order valence-corrected chi connectivity index (χ3v) is 4.87. The fraction of sp³-hybridized carbons (Fsp3) is 0.333. The van der Waals surface area contributed by atoms with Gasteiger partial charge in [0, 0.05) is 32.1 Å². The molecule has 3 rings (SSSR count). The van der Waals surface area contributed by atoms with Crippen LogP contribution in [0, 0.1) is 13.8 Å². The number of rotatable bonds is 8. The average molecular weight is 534 g/mol. The van der Waals surface area contributed by atoms with Crippen LogP contribution in [0.1, 0.15) is 22.4 Å². The molecule has 0 amide bonds. The lowest BCUT2D eigenvalue weighted by Gasteiger charge is -2.13. The second-order valence-electron chi connectivity index (χ2n) is 7.25. The van der Waals surface area contributed by atoms with Crippen molar-refractivity contribution in [2.24, 2.45) is 4.99 Å². The van der Waals surface area contributed by atoms with E-state index in [1.165, 1.54) is 16.7 Å². The van der Waals surface area contributed by atoms with Gasteiger partial charge in [-0.15, -0.1) is 24.0 Å². The zero-order valence-electron chi connectivity index (χ0n) is 18.6. The van der Waals surface area contributed by atoms with Crippen molar-refractivity contribution in [3.8, 4) is 17.2 Å². The molecule has 1 heterocycles. The van der Waals surface area contributed by atoms with Gasteiger partial charge in [0.2, 0.25) is 5.89 Å². The Morgan fingerprint density at radius 1 is 1.00 bits per heavy atom. The Morgan fingerprint density at radius 3 is 2.35 bits per heavy atom. The Morgan fingerprint density at radius 2 is 1.68 bits per heavy atom. The highest BCUT2D eigenvalue weighted by molar-refractivity contribution is 14.0. The molecule has 2 aromatic carbocycles. The number of nitrogens with one attached hydrogen (secondary N) is 2. The summed E-state index contributed by atoms with van der Waals surface area (Å²) in [5.41, 5.74) is 5.54. The summed E-state index contributed by atoms with van der Waals surface area (Å²) in [6.45, 7) is 5.63. The van der Waals surface area contributed by atoms with E-state index in [0.29, 0.717) is 12.4 Å². The van der Waals surface area contributed by atoms with Crippen molar-refractivity contribution in [3.63, 3.8) is 0 Å². The summed E-state index contributed by atoms with van der Waals surface area (Å²) in [4.78, 5) is 8.87. The van der Waals surface area contributed by atoms with Crippen LogP contribution < -0.4 is 15.4 Å². The zero-order valence-corrected chi connectivity index (χ0v) is 20.9. The van der Waals surface area contributed by atoms with Crippen molar-refractivity contribution in [2.75, 3.05) is 27.2 Å². The molecule has 166 valence electrons. The molecule has 7 heteroatoms. The van der Waals surface area contributed by atoms with E-state index >= 15 is 0 Å². The molecule has 1 aromatic heterocycles. The summed E-state index contributed by atoms with van der Waals surface area (Å²) >= 11 is 0. The first-order valence-electron chi connectivity index (χ1n) is 10.2. The molecule has 0 aliphatic carbocycles. The van der Waals surface area contributed by atoms with E-state index in [1.807, 2.05) is 18.2 Å². The molecule has 31 heavy (non-hydrogen) atoms. The Kier molecular flexibility index (Phi) is 9.84. The maximum Gasteiger partial charge on any atom is 0.226 e. The summed E-state index contributed by atoms with van der Waals surface area (Å²) in [5.74, 6) is 2.34.